The van der Waals surface area contributed by atoms with Crippen LogP contribution in [0.5, 0.6) is 0 Å². The van der Waals surface area contributed by atoms with Gasteiger partial charge in [-0.15, -0.1) is 0 Å². The van der Waals surface area contributed by atoms with E-state index in [2.05, 4.69) is 7.64 Å². The molecule has 0 aromatic heterocycles. The molecule has 0 saturated heterocycles. The summed E-state index contributed by atoms with van der Waals surface area (Å²) in [7, 11) is 0. The molecule has 0 aliphatic rings. The Morgan fingerprint density at radius 1 is 0.857 bits per heavy atom. The average molecular weight is 595 g/mol. The minimum absolute atomic E-state index is 0. The number of rotatable bonds is 2. The van der Waals surface area contributed by atoms with Crippen molar-refractivity contribution in [2.75, 3.05) is 0 Å². The van der Waals surface area contributed by atoms with Crippen molar-refractivity contribution >= 4 is 131 Å². The van der Waals surface area contributed by atoms with Crippen molar-refractivity contribution in [2.24, 2.45) is 0 Å². The van der Waals surface area contributed by atoms with E-state index in [1.807, 2.05) is 0 Å². The van der Waals surface area contributed by atoms with Crippen LogP contribution in [0.15, 0.2) is 0 Å². The first-order valence-electron chi connectivity index (χ1n) is 1.98. The van der Waals surface area contributed by atoms with Crippen LogP contribution in [0.1, 0.15) is 0 Å². The summed E-state index contributed by atoms with van der Waals surface area (Å²) in [6, 6.07) is 0. The van der Waals surface area contributed by atoms with Crippen LogP contribution in [0.25, 0.3) is 0 Å². The van der Waals surface area contributed by atoms with Gasteiger partial charge in [-0.25, -0.2) is 0 Å². The first kappa shape index (κ1) is 21.8. The second-order valence-corrected chi connectivity index (χ2v) is 5.56. The molecule has 0 aliphatic heterocycles. The van der Waals surface area contributed by atoms with E-state index in [-0.39, 0.29) is 97.8 Å². The topological polar surface area (TPSA) is 144 Å². The van der Waals surface area contributed by atoms with E-state index in [1.54, 1.807) is 0 Å². The number of carbonyl (C=O) groups excluding carboxylic acids is 1. The first-order chi connectivity index (χ1) is 5.10. The Morgan fingerprint density at radius 2 is 1.07 bits per heavy atom. The molecule has 80 valence electrons. The molecule has 0 unspecified atom stereocenters. The van der Waals surface area contributed by atoms with Crippen LogP contribution < -0.4 is 0 Å². The van der Waals surface area contributed by atoms with Gasteiger partial charge >= 0.3 is 167 Å². The van der Waals surface area contributed by atoms with Crippen LogP contribution in [0.2, 0.25) is 0 Å². The number of carbonyl (C=O) groups is 1. The van der Waals surface area contributed by atoms with E-state index in [0.717, 1.165) is 0 Å². The summed E-state index contributed by atoms with van der Waals surface area (Å²) in [5.74, 6) is 0. The van der Waals surface area contributed by atoms with Gasteiger partial charge in [-0.3, -0.25) is 0 Å². The van der Waals surface area contributed by atoms with Gasteiger partial charge in [0, 0.05) is 0 Å². The van der Waals surface area contributed by atoms with Crippen molar-refractivity contribution in [1.29, 1.82) is 0 Å². The fourth-order valence-corrected chi connectivity index (χ4v) is 1.27. The van der Waals surface area contributed by atoms with Gasteiger partial charge in [0.1, 0.15) is 0 Å². The molecule has 0 spiro atoms. The van der Waals surface area contributed by atoms with Crippen molar-refractivity contribution < 1.29 is 36.1 Å². The second kappa shape index (κ2) is 8.63. The van der Waals surface area contributed by atoms with Crippen molar-refractivity contribution in [3.8, 4) is 0 Å². The molecule has 0 aliphatic carbocycles. The van der Waals surface area contributed by atoms with Crippen LogP contribution in [-0.2, 0) is 23.0 Å². The predicted molar refractivity (Wildman–Crippen MR) is 43.3 cm³/mol. The Bertz CT molecular complexity index is 328. The molecule has 13 heteroatoms. The summed E-state index contributed by atoms with van der Waals surface area (Å²) in [6.45, 7) is 0. The van der Waals surface area contributed by atoms with Crippen LogP contribution in [0, 0.1) is 0 Å². The molecule has 0 atom stereocenters. The number of hydrogen-bond acceptors (Lipinski definition) is 7. The number of hydrogen-bond donors (Lipinski definition) is 2. The maximum absolute atomic E-state index is 9.99. The zero-order valence-electron chi connectivity index (χ0n) is 5.07. The predicted octanol–water partition coefficient (Wildman–Crippen LogP) is -4.12. The molecule has 0 aromatic rings. The first-order valence-corrected chi connectivity index (χ1v) is 7.71. The van der Waals surface area contributed by atoms with Gasteiger partial charge in [0.25, 0.3) is 0 Å². The second-order valence-electron chi connectivity index (χ2n) is 1.27. The van der Waals surface area contributed by atoms with Gasteiger partial charge in [-0.1, -0.05) is 0 Å². The van der Waals surface area contributed by atoms with E-state index in [9.17, 15) is 20.1 Å². The molecule has 0 amide bonds. The molecule has 14 heavy (non-hydrogen) atoms. The molecule has 0 bridgehead atoms. The summed E-state index contributed by atoms with van der Waals surface area (Å²) in [5, 5.41) is 0. The summed E-state index contributed by atoms with van der Waals surface area (Å²) in [4.78, 5) is 9.99. The van der Waals surface area contributed by atoms with Crippen LogP contribution in [0.4, 0.5) is 4.79 Å². The van der Waals surface area contributed by atoms with Gasteiger partial charge in [0.05, 0.1) is 0 Å². The van der Waals surface area contributed by atoms with E-state index in [4.69, 9.17) is 8.38 Å². The summed E-state index contributed by atoms with van der Waals surface area (Å²) < 4.78 is 60.8. The Morgan fingerprint density at radius 3 is 1.21 bits per heavy atom. The van der Waals surface area contributed by atoms with Gasteiger partial charge in [0.15, 0.2) is 0 Å². The molecule has 9 nitrogen and oxygen atoms in total. The molecule has 0 saturated carbocycles. The average Bonchev–Trinajstić information content (AvgIpc) is 1.49. The maximum atomic E-state index is 9.99. The minimum atomic E-state index is -5.82. The Kier molecular flexibility index (Phi) is 13.5. The van der Waals surface area contributed by atoms with Crippen molar-refractivity contribution in [1.82, 2.24) is 0 Å². The normalized spacial score (nSPS) is 10.4. The third kappa shape index (κ3) is 17.0. The Hall–Kier alpha value is 2.57. The van der Waals surface area contributed by atoms with E-state index < -0.39 is 32.9 Å². The molecular formula is CH6Ba2O9Se2. The molecular weight excluding hydrogens is 589 g/mol. The molecule has 2 N–H and O–H groups in total. The molecule has 0 heterocycles. The van der Waals surface area contributed by atoms with Crippen LogP contribution in [-0.4, -0.2) is 139 Å². The summed E-state index contributed by atoms with van der Waals surface area (Å²) in [6.07, 6.45) is -2.23. The Labute approximate surface area is 163 Å². The Balaban J connectivity index is -0.000000605. The quantitative estimate of drug-likeness (QED) is 0.305. The van der Waals surface area contributed by atoms with Gasteiger partial charge in [-0.05, 0) is 0 Å². The van der Waals surface area contributed by atoms with Crippen molar-refractivity contribution in [2.45, 2.75) is 0 Å². The SMILES string of the molecule is O=C(O[Se](=O)(=O)O)O[Se](=O)(=O)O.[BaH2].[BaH2]. The van der Waals surface area contributed by atoms with Crippen LogP contribution >= 0.6 is 0 Å². The van der Waals surface area contributed by atoms with E-state index >= 15 is 0 Å². The fourth-order valence-electron chi connectivity index (χ4n) is 0.186. The van der Waals surface area contributed by atoms with Crippen molar-refractivity contribution in [3.63, 3.8) is 0 Å². The molecule has 0 radical (unpaired) electrons. The van der Waals surface area contributed by atoms with Gasteiger partial charge in [0.2, 0.25) is 0 Å². The van der Waals surface area contributed by atoms with Gasteiger partial charge < -0.3 is 0 Å². The van der Waals surface area contributed by atoms with Crippen molar-refractivity contribution in [3.05, 3.63) is 0 Å². The zero-order valence-corrected chi connectivity index (χ0v) is 8.49. The monoisotopic (exact) mass is 598 g/mol. The zero-order chi connectivity index (χ0) is 9.99. The fraction of sp³-hybridized carbons (Fsp3) is 0. The van der Waals surface area contributed by atoms with E-state index in [0.29, 0.717) is 0 Å². The molecule has 0 rings (SSSR count). The standard InChI is InChI=1S/CH2O9Se2.2Ba.4H/c2-1(9-11(3,4)5)10-12(6,7)8;;;;;;/h(H,3,4,5)(H,6,7,8);;;;;;. The summed E-state index contributed by atoms with van der Waals surface area (Å²) in [5.41, 5.74) is 0. The summed E-state index contributed by atoms with van der Waals surface area (Å²) >= 11 is -11.6. The van der Waals surface area contributed by atoms with Crippen LogP contribution in [0.3, 0.4) is 0 Å². The molecule has 0 aromatic carbocycles. The third-order valence-corrected chi connectivity index (χ3v) is 1.80. The molecule has 0 fully saturated rings. The van der Waals surface area contributed by atoms with E-state index in [1.165, 1.54) is 0 Å². The third-order valence-electron chi connectivity index (χ3n) is 0.347. The van der Waals surface area contributed by atoms with Gasteiger partial charge in [-0.2, -0.15) is 0 Å².